The molecule has 6 nitrogen and oxygen atoms in total. The number of aryl methyl sites for hydroxylation is 1. The number of hydrogen-bond acceptors (Lipinski definition) is 5. The number of fused-ring (bicyclic) bond motifs is 1. The number of thiazole rings is 1. The molecule has 1 aliphatic heterocycles. The predicted octanol–water partition coefficient (Wildman–Crippen LogP) is 2.18. The molecule has 0 unspecified atom stereocenters. The molecule has 2 N–H and O–H groups in total. The van der Waals surface area contributed by atoms with Crippen LogP contribution in [0, 0.1) is 6.92 Å². The van der Waals surface area contributed by atoms with Gasteiger partial charge in [0.25, 0.3) is 17.4 Å². The SMILES string of the molecule is Cc1cnc(NC(=O)[C@]2(C)Oc3ccccc3NC2=O)s1. The number of amides is 2. The highest BCUT2D eigenvalue weighted by Crippen LogP contribution is 2.34. The summed E-state index contributed by atoms with van der Waals surface area (Å²) in [5.41, 5.74) is -1.08. The van der Waals surface area contributed by atoms with Crippen LogP contribution in [0.2, 0.25) is 0 Å². The van der Waals surface area contributed by atoms with Crippen LogP contribution in [0.5, 0.6) is 5.75 Å². The highest BCUT2D eigenvalue weighted by atomic mass is 32.1. The van der Waals surface area contributed by atoms with Crippen molar-refractivity contribution in [1.29, 1.82) is 0 Å². The van der Waals surface area contributed by atoms with Gasteiger partial charge < -0.3 is 10.1 Å². The fourth-order valence-electron chi connectivity index (χ4n) is 1.95. The Morgan fingerprint density at radius 3 is 2.90 bits per heavy atom. The number of carbonyl (C=O) groups is 2. The second-order valence-electron chi connectivity index (χ2n) is 4.82. The van der Waals surface area contributed by atoms with Crippen molar-refractivity contribution in [3.63, 3.8) is 0 Å². The molecule has 21 heavy (non-hydrogen) atoms. The lowest BCUT2D eigenvalue weighted by Gasteiger charge is -2.32. The van der Waals surface area contributed by atoms with Crippen molar-refractivity contribution in [3.05, 3.63) is 35.3 Å². The van der Waals surface area contributed by atoms with Crippen molar-refractivity contribution in [2.75, 3.05) is 10.6 Å². The molecule has 1 aliphatic rings. The Kier molecular flexibility index (Phi) is 3.13. The summed E-state index contributed by atoms with van der Waals surface area (Å²) in [7, 11) is 0. The molecule has 1 atom stereocenters. The molecule has 108 valence electrons. The van der Waals surface area contributed by atoms with Gasteiger partial charge in [0.1, 0.15) is 5.75 Å². The van der Waals surface area contributed by atoms with E-state index in [1.54, 1.807) is 30.5 Å². The van der Waals surface area contributed by atoms with Crippen LogP contribution in [0.15, 0.2) is 30.5 Å². The zero-order valence-electron chi connectivity index (χ0n) is 11.5. The lowest BCUT2D eigenvalue weighted by Crippen LogP contribution is -2.56. The Hall–Kier alpha value is -2.41. The van der Waals surface area contributed by atoms with E-state index >= 15 is 0 Å². The van der Waals surface area contributed by atoms with E-state index in [4.69, 9.17) is 4.74 Å². The lowest BCUT2D eigenvalue weighted by atomic mass is 10.0. The zero-order chi connectivity index (χ0) is 15.0. The monoisotopic (exact) mass is 303 g/mol. The minimum Gasteiger partial charge on any atom is -0.466 e. The number of rotatable bonds is 2. The summed E-state index contributed by atoms with van der Waals surface area (Å²) in [6.45, 7) is 3.32. The Bertz CT molecular complexity index is 728. The van der Waals surface area contributed by atoms with Crippen LogP contribution in [0.1, 0.15) is 11.8 Å². The van der Waals surface area contributed by atoms with Gasteiger partial charge in [-0.2, -0.15) is 0 Å². The smallest absolute Gasteiger partial charge is 0.280 e. The summed E-state index contributed by atoms with van der Waals surface area (Å²) in [4.78, 5) is 29.6. The van der Waals surface area contributed by atoms with Gasteiger partial charge >= 0.3 is 0 Å². The third-order valence-electron chi connectivity index (χ3n) is 3.16. The van der Waals surface area contributed by atoms with Crippen molar-refractivity contribution in [3.8, 4) is 5.75 Å². The molecule has 2 aromatic rings. The third-order valence-corrected chi connectivity index (χ3v) is 3.99. The van der Waals surface area contributed by atoms with Gasteiger partial charge in [0, 0.05) is 11.1 Å². The highest BCUT2D eigenvalue weighted by molar-refractivity contribution is 7.15. The number of benzene rings is 1. The van der Waals surface area contributed by atoms with Crippen LogP contribution < -0.4 is 15.4 Å². The van der Waals surface area contributed by atoms with E-state index in [-0.39, 0.29) is 0 Å². The lowest BCUT2D eigenvalue weighted by molar-refractivity contribution is -0.143. The Morgan fingerprint density at radius 2 is 2.19 bits per heavy atom. The van der Waals surface area contributed by atoms with Crippen LogP contribution >= 0.6 is 11.3 Å². The largest absolute Gasteiger partial charge is 0.466 e. The maximum absolute atomic E-state index is 12.4. The standard InChI is InChI=1S/C14H13N3O3S/c1-8-7-15-13(21-8)17-12(19)14(2)11(18)16-9-5-3-4-6-10(9)20-14/h3-7H,1-2H3,(H,16,18)(H,15,17,19)/t14-/m1/s1. The summed E-state index contributed by atoms with van der Waals surface area (Å²) in [5, 5.41) is 5.74. The minimum atomic E-state index is -1.63. The van der Waals surface area contributed by atoms with E-state index in [0.29, 0.717) is 16.6 Å². The van der Waals surface area contributed by atoms with Crippen molar-refractivity contribution in [1.82, 2.24) is 4.98 Å². The molecule has 0 saturated carbocycles. The first-order valence-electron chi connectivity index (χ1n) is 6.32. The van der Waals surface area contributed by atoms with E-state index in [2.05, 4.69) is 15.6 Å². The predicted molar refractivity (Wildman–Crippen MR) is 79.6 cm³/mol. The molecule has 0 radical (unpaired) electrons. The molecule has 3 rings (SSSR count). The van der Waals surface area contributed by atoms with E-state index in [9.17, 15) is 9.59 Å². The minimum absolute atomic E-state index is 0.439. The summed E-state index contributed by atoms with van der Waals surface area (Å²) >= 11 is 1.34. The van der Waals surface area contributed by atoms with Crippen molar-refractivity contribution in [2.45, 2.75) is 19.4 Å². The van der Waals surface area contributed by atoms with Crippen LogP contribution in [-0.4, -0.2) is 22.4 Å². The fraction of sp³-hybridized carbons (Fsp3) is 0.214. The average Bonchev–Trinajstić information content (AvgIpc) is 2.85. The van der Waals surface area contributed by atoms with E-state index < -0.39 is 17.4 Å². The first-order valence-corrected chi connectivity index (χ1v) is 7.14. The summed E-state index contributed by atoms with van der Waals surface area (Å²) in [6.07, 6.45) is 1.65. The van der Waals surface area contributed by atoms with Gasteiger partial charge in [-0.15, -0.1) is 11.3 Å². The maximum Gasteiger partial charge on any atom is 0.280 e. The van der Waals surface area contributed by atoms with Crippen molar-refractivity contribution in [2.24, 2.45) is 0 Å². The molecule has 0 bridgehead atoms. The molecule has 1 aromatic carbocycles. The molecule has 0 saturated heterocycles. The number of carbonyl (C=O) groups excluding carboxylic acids is 2. The van der Waals surface area contributed by atoms with Crippen LogP contribution in [0.4, 0.5) is 10.8 Å². The number of ether oxygens (including phenoxy) is 1. The van der Waals surface area contributed by atoms with Gasteiger partial charge in [-0.05, 0) is 26.0 Å². The number of anilines is 2. The maximum atomic E-state index is 12.4. The Balaban J connectivity index is 1.86. The molecule has 0 spiro atoms. The third kappa shape index (κ3) is 2.36. The average molecular weight is 303 g/mol. The van der Waals surface area contributed by atoms with Crippen LogP contribution in [0.3, 0.4) is 0 Å². The topological polar surface area (TPSA) is 80.3 Å². The molecule has 7 heteroatoms. The normalized spacial score (nSPS) is 20.2. The summed E-state index contributed by atoms with van der Waals surface area (Å²) in [6, 6.07) is 6.98. The number of nitrogens with one attached hydrogen (secondary N) is 2. The molecule has 2 amide bonds. The molecular formula is C14H13N3O3S. The van der Waals surface area contributed by atoms with E-state index in [0.717, 1.165) is 4.88 Å². The van der Waals surface area contributed by atoms with Crippen molar-refractivity contribution >= 4 is 34.0 Å². The molecule has 0 aliphatic carbocycles. The van der Waals surface area contributed by atoms with Gasteiger partial charge in [0.2, 0.25) is 0 Å². The summed E-state index contributed by atoms with van der Waals surface area (Å²) in [5.74, 6) is -0.596. The second-order valence-corrected chi connectivity index (χ2v) is 6.05. The van der Waals surface area contributed by atoms with Crippen LogP contribution in [-0.2, 0) is 9.59 Å². The van der Waals surface area contributed by atoms with E-state index in [1.807, 2.05) is 6.92 Å². The Morgan fingerprint density at radius 1 is 1.43 bits per heavy atom. The fourth-order valence-corrected chi connectivity index (χ4v) is 2.60. The van der Waals surface area contributed by atoms with Crippen LogP contribution in [0.25, 0.3) is 0 Å². The molecule has 1 aromatic heterocycles. The zero-order valence-corrected chi connectivity index (χ0v) is 12.3. The summed E-state index contributed by atoms with van der Waals surface area (Å²) < 4.78 is 5.63. The molecule has 0 fully saturated rings. The number of aromatic nitrogens is 1. The van der Waals surface area contributed by atoms with Crippen molar-refractivity contribution < 1.29 is 14.3 Å². The highest BCUT2D eigenvalue weighted by Gasteiger charge is 2.47. The first kappa shape index (κ1) is 13.6. The van der Waals surface area contributed by atoms with E-state index in [1.165, 1.54) is 18.3 Å². The van der Waals surface area contributed by atoms with Gasteiger partial charge in [0.05, 0.1) is 5.69 Å². The van der Waals surface area contributed by atoms with Gasteiger partial charge in [-0.25, -0.2) is 4.98 Å². The first-order chi connectivity index (χ1) is 9.99. The van der Waals surface area contributed by atoms with Gasteiger partial charge in [-0.3, -0.25) is 14.9 Å². The number of hydrogen-bond donors (Lipinski definition) is 2. The van der Waals surface area contributed by atoms with Gasteiger partial charge in [-0.1, -0.05) is 12.1 Å². The number of nitrogens with zero attached hydrogens (tertiary/aromatic N) is 1. The molecule has 2 heterocycles. The Labute approximate surface area is 125 Å². The van der Waals surface area contributed by atoms with Gasteiger partial charge in [0.15, 0.2) is 5.13 Å². The second kappa shape index (κ2) is 4.85. The molecular weight excluding hydrogens is 290 g/mol. The number of para-hydroxylation sites is 2. The quantitative estimate of drug-likeness (QED) is 0.833.